The molecule has 7 aromatic rings. The monoisotopic (exact) mass is 670 g/mol. The van der Waals surface area contributed by atoms with Crippen LogP contribution in [0.4, 0.5) is 11.4 Å². The summed E-state index contributed by atoms with van der Waals surface area (Å²) in [6, 6.07) is 47.7. The molecule has 2 heteroatoms. The van der Waals surface area contributed by atoms with Crippen LogP contribution in [-0.4, -0.2) is 10.6 Å². The molecule has 0 bridgehead atoms. The van der Waals surface area contributed by atoms with Crippen molar-refractivity contribution < 1.29 is 0 Å². The average Bonchev–Trinajstić information content (AvgIpc) is 3.51. The summed E-state index contributed by atoms with van der Waals surface area (Å²) in [5.74, 6) is 0. The molecule has 0 saturated carbocycles. The number of anilines is 2. The highest BCUT2D eigenvalue weighted by molar-refractivity contribution is 5.97. The van der Waals surface area contributed by atoms with E-state index in [2.05, 4.69) is 177 Å². The molecule has 1 aromatic heterocycles. The van der Waals surface area contributed by atoms with Crippen molar-refractivity contribution in [2.45, 2.75) is 63.8 Å². The van der Waals surface area contributed by atoms with Crippen LogP contribution in [0.3, 0.4) is 0 Å². The molecule has 2 nitrogen and oxygen atoms in total. The highest BCUT2D eigenvalue weighted by Crippen LogP contribution is 2.49. The number of hydrogen-bond acceptors (Lipinski definition) is 1. The van der Waals surface area contributed by atoms with Gasteiger partial charge in [-0.1, -0.05) is 143 Å². The lowest BCUT2D eigenvalue weighted by molar-refractivity contribution is 0.582. The summed E-state index contributed by atoms with van der Waals surface area (Å²) in [6.45, 7) is 9.89. The van der Waals surface area contributed by atoms with E-state index in [1.54, 1.807) is 11.1 Å². The van der Waals surface area contributed by atoms with Crippen LogP contribution >= 0.6 is 0 Å². The predicted octanol–water partition coefficient (Wildman–Crippen LogP) is 9.30. The normalized spacial score (nSPS) is 18.5. The predicted molar refractivity (Wildman–Crippen MR) is 219 cm³/mol. The standard InChI is InChI=1S/C50H42N2/c1-49(2)41-18-10-17-39-40-29-37(30-44-47(40)52(46(39)41)48-42(49)19-11-20-43(48)50(44,3)4)51(45-21-9-15-33-13-7-8-16-38(33)45)36-26-24-32(25-27-36)35-23-22-31-12-5-6-14-34(31)28-35/h5-9,11-17,19-29,37H,10,18,30H2,1-4H3. The van der Waals surface area contributed by atoms with E-state index < -0.39 is 0 Å². The Morgan fingerprint density at radius 1 is 0.596 bits per heavy atom. The van der Waals surface area contributed by atoms with Gasteiger partial charge in [-0.15, -0.1) is 0 Å². The Hall–Kier alpha value is -5.60. The molecule has 3 heterocycles. The minimum Gasteiger partial charge on any atom is -0.334 e. The van der Waals surface area contributed by atoms with Crippen LogP contribution in [0, 0.1) is 0 Å². The summed E-state index contributed by atoms with van der Waals surface area (Å²) in [5, 5.41) is 10.9. The van der Waals surface area contributed by atoms with Gasteiger partial charge in [-0.05, 0) is 93.1 Å². The van der Waals surface area contributed by atoms with Crippen molar-refractivity contribution in [3.63, 3.8) is 0 Å². The number of para-hydroxylation sites is 1. The Balaban J connectivity index is 1.16. The molecule has 11 rings (SSSR count). The molecule has 0 fully saturated rings. The van der Waals surface area contributed by atoms with E-state index >= 15 is 0 Å². The molecule has 52 heavy (non-hydrogen) atoms. The maximum atomic E-state index is 2.71. The van der Waals surface area contributed by atoms with Gasteiger partial charge in [0.1, 0.15) is 0 Å². The Bertz CT molecular complexity index is 2930. The van der Waals surface area contributed by atoms with E-state index in [1.807, 2.05) is 0 Å². The van der Waals surface area contributed by atoms with Crippen molar-refractivity contribution in [1.29, 1.82) is 0 Å². The van der Waals surface area contributed by atoms with Gasteiger partial charge in [-0.25, -0.2) is 0 Å². The fourth-order valence-electron chi connectivity index (χ4n) is 10.4. The van der Waals surface area contributed by atoms with E-state index in [1.165, 1.54) is 82.0 Å². The van der Waals surface area contributed by atoms with Gasteiger partial charge in [0.15, 0.2) is 0 Å². The molecule has 4 aliphatic rings. The molecular formula is C50H42N2. The molecule has 0 radical (unpaired) electrons. The van der Waals surface area contributed by atoms with Gasteiger partial charge in [0.25, 0.3) is 0 Å². The van der Waals surface area contributed by atoms with Crippen LogP contribution in [0.1, 0.15) is 58.1 Å². The summed E-state index contributed by atoms with van der Waals surface area (Å²) >= 11 is 0. The van der Waals surface area contributed by atoms with Crippen LogP contribution in [0.25, 0.3) is 61.7 Å². The summed E-state index contributed by atoms with van der Waals surface area (Å²) in [4.78, 5) is 2.64. The van der Waals surface area contributed by atoms with E-state index in [4.69, 9.17) is 0 Å². The second-order valence-corrected chi connectivity index (χ2v) is 16.4. The Labute approximate surface area is 305 Å². The smallest absolute Gasteiger partial charge is 0.0570 e. The number of aromatic nitrogens is 1. The summed E-state index contributed by atoms with van der Waals surface area (Å²) < 4.78 is 2.71. The lowest BCUT2D eigenvalue weighted by Gasteiger charge is -2.44. The fraction of sp³-hybridized carbons (Fsp3) is 0.200. The SMILES string of the molecule is CC1(C)C2=c3c(c4c5n3-c3c1cccc3C(C)(C)C=5CC(N(c1ccc(-c3ccc5ccccc5c3)cc1)c1cccc3ccccc13)C=4)=CCC2. The molecule has 0 N–H and O–H groups in total. The molecule has 0 amide bonds. The first kappa shape index (κ1) is 30.1. The molecule has 2 aliphatic carbocycles. The first-order valence-electron chi connectivity index (χ1n) is 19.0. The molecular weight excluding hydrogens is 629 g/mol. The lowest BCUT2D eigenvalue weighted by atomic mass is 9.67. The van der Waals surface area contributed by atoms with Gasteiger partial charge in [0.05, 0.1) is 22.4 Å². The van der Waals surface area contributed by atoms with Crippen LogP contribution in [0.2, 0.25) is 0 Å². The van der Waals surface area contributed by atoms with Crippen molar-refractivity contribution in [2.75, 3.05) is 4.90 Å². The number of rotatable bonds is 4. The highest BCUT2D eigenvalue weighted by Gasteiger charge is 2.44. The van der Waals surface area contributed by atoms with E-state index in [0.717, 1.165) is 19.3 Å². The number of fused-ring (bicyclic) bond motifs is 3. The van der Waals surface area contributed by atoms with Crippen LogP contribution in [-0.2, 0) is 10.8 Å². The quantitative estimate of drug-likeness (QED) is 0.181. The van der Waals surface area contributed by atoms with E-state index in [0.29, 0.717) is 0 Å². The van der Waals surface area contributed by atoms with Gasteiger partial charge in [0.2, 0.25) is 0 Å². The molecule has 0 spiro atoms. The first-order chi connectivity index (χ1) is 25.3. The van der Waals surface area contributed by atoms with Crippen molar-refractivity contribution in [3.05, 3.63) is 160 Å². The van der Waals surface area contributed by atoms with Gasteiger partial charge in [-0.3, -0.25) is 0 Å². The Morgan fingerprint density at radius 3 is 2.06 bits per heavy atom. The third kappa shape index (κ3) is 3.96. The summed E-state index contributed by atoms with van der Waals surface area (Å²) in [5.41, 5.74) is 12.4. The van der Waals surface area contributed by atoms with E-state index in [9.17, 15) is 0 Å². The molecule has 2 aliphatic heterocycles. The van der Waals surface area contributed by atoms with Crippen LogP contribution in [0.5, 0.6) is 0 Å². The minimum atomic E-state index is -0.110. The largest absolute Gasteiger partial charge is 0.334 e. The molecule has 0 saturated heterocycles. The highest BCUT2D eigenvalue weighted by atomic mass is 15.2. The minimum absolute atomic E-state index is 0.0000616. The molecule has 6 aromatic carbocycles. The average molecular weight is 671 g/mol. The van der Waals surface area contributed by atoms with Crippen molar-refractivity contribution in [1.82, 2.24) is 4.57 Å². The number of benzene rings is 6. The van der Waals surface area contributed by atoms with Crippen molar-refractivity contribution in [3.8, 4) is 16.8 Å². The number of nitrogens with zero attached hydrogens (tertiary/aromatic N) is 2. The molecule has 1 atom stereocenters. The lowest BCUT2D eigenvalue weighted by Crippen LogP contribution is -2.51. The zero-order chi connectivity index (χ0) is 34.9. The van der Waals surface area contributed by atoms with Gasteiger partial charge in [0, 0.05) is 38.0 Å². The van der Waals surface area contributed by atoms with Gasteiger partial charge < -0.3 is 9.47 Å². The summed E-state index contributed by atoms with van der Waals surface area (Å²) in [6.07, 6.45) is 8.36. The second kappa shape index (κ2) is 10.5. The molecule has 1 unspecified atom stereocenters. The Kier molecular flexibility index (Phi) is 6.06. The maximum absolute atomic E-state index is 2.71. The third-order valence-corrected chi connectivity index (χ3v) is 13.0. The Morgan fingerprint density at radius 2 is 1.25 bits per heavy atom. The van der Waals surface area contributed by atoms with Gasteiger partial charge >= 0.3 is 0 Å². The summed E-state index contributed by atoms with van der Waals surface area (Å²) in [7, 11) is 0. The zero-order valence-electron chi connectivity index (χ0n) is 30.4. The topological polar surface area (TPSA) is 8.17 Å². The van der Waals surface area contributed by atoms with Crippen LogP contribution in [0.15, 0.2) is 127 Å². The van der Waals surface area contributed by atoms with Gasteiger partial charge in [-0.2, -0.15) is 0 Å². The second-order valence-electron chi connectivity index (χ2n) is 16.4. The van der Waals surface area contributed by atoms with E-state index in [-0.39, 0.29) is 16.9 Å². The third-order valence-electron chi connectivity index (χ3n) is 13.0. The van der Waals surface area contributed by atoms with Crippen LogP contribution < -0.4 is 26.0 Å². The van der Waals surface area contributed by atoms with Crippen molar-refractivity contribution in [2.24, 2.45) is 0 Å². The first-order valence-corrected chi connectivity index (χ1v) is 19.0. The maximum Gasteiger partial charge on any atom is 0.0570 e. The fourth-order valence-corrected chi connectivity index (χ4v) is 10.4. The number of hydrogen-bond donors (Lipinski definition) is 0. The zero-order valence-corrected chi connectivity index (χ0v) is 30.4. The molecule has 252 valence electrons. The van der Waals surface area contributed by atoms with Crippen molar-refractivity contribution >= 4 is 56.2 Å².